The topological polar surface area (TPSA) is 77.7 Å². The second kappa shape index (κ2) is 9.73. The van der Waals surface area contributed by atoms with Crippen LogP contribution in [0.4, 0.5) is 0 Å². The lowest BCUT2D eigenvalue weighted by Gasteiger charge is -2.10. The molecule has 0 aliphatic heterocycles. The largest absolute Gasteiger partial charge is 0.493 e. The van der Waals surface area contributed by atoms with Crippen molar-refractivity contribution in [2.75, 3.05) is 13.7 Å². The highest BCUT2D eigenvalue weighted by Gasteiger charge is 2.10. The number of nitrogens with zero attached hydrogens (tertiary/aromatic N) is 3. The van der Waals surface area contributed by atoms with Crippen molar-refractivity contribution in [1.82, 2.24) is 15.0 Å². The maximum atomic E-state index is 12.3. The van der Waals surface area contributed by atoms with Gasteiger partial charge in [0, 0.05) is 0 Å². The van der Waals surface area contributed by atoms with Gasteiger partial charge in [-0.1, -0.05) is 25.5 Å². The fourth-order valence-electron chi connectivity index (χ4n) is 2.96. The molecule has 7 heteroatoms. The number of fused-ring (bicyclic) bond motifs is 1. The number of benzene rings is 2. The number of para-hydroxylation sites is 2. The molecule has 0 saturated heterocycles. The van der Waals surface area contributed by atoms with Gasteiger partial charge in [0.15, 0.2) is 11.5 Å². The van der Waals surface area contributed by atoms with Crippen LogP contribution in [0, 0.1) is 6.92 Å². The molecular weight excluding hydrogens is 368 g/mol. The number of rotatable bonds is 9. The number of aromatic nitrogens is 2. The van der Waals surface area contributed by atoms with E-state index >= 15 is 0 Å². The van der Waals surface area contributed by atoms with Crippen LogP contribution < -0.4 is 14.9 Å². The predicted octanol–water partition coefficient (Wildman–Crippen LogP) is 3.68. The number of methoxy groups -OCH3 is 1. The Kier molecular flexibility index (Phi) is 6.84. The number of hydrogen-bond acceptors (Lipinski definition) is 5. The normalized spacial score (nSPS) is 11.1. The molecule has 1 heterocycles. The smallest absolute Gasteiger partial charge is 0.260 e. The highest BCUT2D eigenvalue weighted by molar-refractivity contribution is 5.84. The van der Waals surface area contributed by atoms with Gasteiger partial charge in [-0.15, -0.1) is 0 Å². The van der Waals surface area contributed by atoms with Gasteiger partial charge in [0.25, 0.3) is 5.91 Å². The second-order valence-corrected chi connectivity index (χ2v) is 6.64. The molecule has 0 radical (unpaired) electrons. The van der Waals surface area contributed by atoms with E-state index in [2.05, 4.69) is 22.4 Å². The van der Waals surface area contributed by atoms with Crippen LogP contribution in [0.2, 0.25) is 0 Å². The lowest BCUT2D eigenvalue weighted by atomic mass is 10.2. The molecule has 0 bridgehead atoms. The summed E-state index contributed by atoms with van der Waals surface area (Å²) in [5.74, 6) is 1.90. The van der Waals surface area contributed by atoms with Gasteiger partial charge in [0.2, 0.25) is 0 Å². The molecule has 0 unspecified atom stereocenters. The SMILES string of the molecule is CCCCOc1ccc(/C=N\NC(=O)Cn2c(C)nc3ccccc32)cc1OC. The molecule has 1 N–H and O–H groups in total. The summed E-state index contributed by atoms with van der Waals surface area (Å²) in [5.41, 5.74) is 5.16. The van der Waals surface area contributed by atoms with Crippen LogP contribution in [0.15, 0.2) is 47.6 Å². The Bertz CT molecular complexity index is 1010. The van der Waals surface area contributed by atoms with E-state index < -0.39 is 0 Å². The molecule has 1 amide bonds. The van der Waals surface area contributed by atoms with E-state index in [9.17, 15) is 4.79 Å². The first kappa shape index (κ1) is 20.4. The van der Waals surface area contributed by atoms with E-state index in [1.165, 1.54) is 0 Å². The van der Waals surface area contributed by atoms with Gasteiger partial charge in [-0.2, -0.15) is 5.10 Å². The van der Waals surface area contributed by atoms with Crippen LogP contribution in [0.1, 0.15) is 31.2 Å². The Morgan fingerprint density at radius 2 is 2.07 bits per heavy atom. The fraction of sp³-hybridized carbons (Fsp3) is 0.318. The lowest BCUT2D eigenvalue weighted by Crippen LogP contribution is -2.23. The molecule has 2 aromatic carbocycles. The Hall–Kier alpha value is -3.35. The van der Waals surface area contributed by atoms with E-state index in [4.69, 9.17) is 9.47 Å². The molecule has 0 saturated carbocycles. The van der Waals surface area contributed by atoms with E-state index in [0.717, 1.165) is 35.3 Å². The molecule has 29 heavy (non-hydrogen) atoms. The van der Waals surface area contributed by atoms with Crippen molar-refractivity contribution in [1.29, 1.82) is 0 Å². The quantitative estimate of drug-likeness (QED) is 0.341. The number of aryl methyl sites for hydroxylation is 1. The van der Waals surface area contributed by atoms with E-state index in [0.29, 0.717) is 18.1 Å². The van der Waals surface area contributed by atoms with Crippen molar-refractivity contribution < 1.29 is 14.3 Å². The zero-order valence-corrected chi connectivity index (χ0v) is 17.0. The molecule has 3 rings (SSSR count). The molecule has 1 aromatic heterocycles. The number of amides is 1. The summed E-state index contributed by atoms with van der Waals surface area (Å²) in [6, 6.07) is 13.3. The summed E-state index contributed by atoms with van der Waals surface area (Å²) in [4.78, 5) is 16.8. The van der Waals surface area contributed by atoms with Crippen LogP contribution >= 0.6 is 0 Å². The number of unbranched alkanes of at least 4 members (excludes halogenated alkanes) is 1. The molecule has 0 aliphatic rings. The highest BCUT2D eigenvalue weighted by atomic mass is 16.5. The first-order valence-corrected chi connectivity index (χ1v) is 9.67. The molecule has 0 spiro atoms. The highest BCUT2D eigenvalue weighted by Crippen LogP contribution is 2.27. The molecule has 0 aliphatic carbocycles. The summed E-state index contributed by atoms with van der Waals surface area (Å²) >= 11 is 0. The van der Waals surface area contributed by atoms with Gasteiger partial charge in [0.1, 0.15) is 12.4 Å². The number of carbonyl (C=O) groups is 1. The number of imidazole rings is 1. The number of ether oxygens (including phenoxy) is 2. The number of nitrogens with one attached hydrogen (secondary N) is 1. The van der Waals surface area contributed by atoms with Crippen LogP contribution in [0.3, 0.4) is 0 Å². The van der Waals surface area contributed by atoms with Gasteiger partial charge in [-0.05, 0) is 49.2 Å². The Morgan fingerprint density at radius 3 is 2.86 bits per heavy atom. The summed E-state index contributed by atoms with van der Waals surface area (Å²) in [6.45, 7) is 4.80. The number of hydrazone groups is 1. The Morgan fingerprint density at radius 1 is 1.24 bits per heavy atom. The van der Waals surface area contributed by atoms with Crippen molar-refractivity contribution in [2.24, 2.45) is 5.10 Å². The number of carbonyl (C=O) groups excluding carboxylic acids is 1. The first-order chi connectivity index (χ1) is 14.1. The zero-order valence-electron chi connectivity index (χ0n) is 17.0. The molecule has 152 valence electrons. The van der Waals surface area contributed by atoms with Gasteiger partial charge in [-0.25, -0.2) is 10.4 Å². The van der Waals surface area contributed by atoms with E-state index in [1.54, 1.807) is 13.3 Å². The summed E-state index contributed by atoms with van der Waals surface area (Å²) < 4.78 is 13.0. The minimum Gasteiger partial charge on any atom is -0.493 e. The average molecular weight is 394 g/mol. The average Bonchev–Trinajstić information content (AvgIpc) is 3.04. The molecule has 7 nitrogen and oxygen atoms in total. The van der Waals surface area contributed by atoms with Crippen LogP contribution in [-0.2, 0) is 11.3 Å². The van der Waals surface area contributed by atoms with Crippen molar-refractivity contribution in [3.05, 3.63) is 53.9 Å². The summed E-state index contributed by atoms with van der Waals surface area (Å²) in [6.07, 6.45) is 3.64. The molecule has 0 atom stereocenters. The van der Waals surface area contributed by atoms with Crippen molar-refractivity contribution >= 4 is 23.2 Å². The molecule has 3 aromatic rings. The standard InChI is InChI=1S/C22H26N4O3/c1-4-5-12-29-20-11-10-17(13-21(20)28-3)14-23-25-22(27)15-26-16(2)24-18-8-6-7-9-19(18)26/h6-11,13-14H,4-5,12,15H2,1-3H3,(H,25,27)/b23-14-. The minimum absolute atomic E-state index is 0.150. The summed E-state index contributed by atoms with van der Waals surface area (Å²) in [7, 11) is 1.60. The van der Waals surface area contributed by atoms with Gasteiger partial charge in [-0.3, -0.25) is 4.79 Å². The van der Waals surface area contributed by atoms with Gasteiger partial charge >= 0.3 is 0 Å². The lowest BCUT2D eigenvalue weighted by molar-refractivity contribution is -0.121. The van der Waals surface area contributed by atoms with Gasteiger partial charge < -0.3 is 14.0 Å². The Labute approximate surface area is 170 Å². The fourth-order valence-corrected chi connectivity index (χ4v) is 2.96. The molecular formula is C22H26N4O3. The maximum absolute atomic E-state index is 12.3. The number of hydrogen-bond donors (Lipinski definition) is 1. The van der Waals surface area contributed by atoms with Gasteiger partial charge in [0.05, 0.1) is 31.0 Å². The zero-order chi connectivity index (χ0) is 20.6. The van der Waals surface area contributed by atoms with E-state index in [1.807, 2.05) is 54.0 Å². The second-order valence-electron chi connectivity index (χ2n) is 6.64. The minimum atomic E-state index is -0.223. The predicted molar refractivity (Wildman–Crippen MR) is 114 cm³/mol. The first-order valence-electron chi connectivity index (χ1n) is 9.67. The molecule has 0 fully saturated rings. The maximum Gasteiger partial charge on any atom is 0.260 e. The van der Waals surface area contributed by atoms with E-state index in [-0.39, 0.29) is 12.5 Å². The van der Waals surface area contributed by atoms with Crippen molar-refractivity contribution in [3.63, 3.8) is 0 Å². The Balaban J connectivity index is 1.61. The third-order valence-electron chi connectivity index (χ3n) is 4.49. The van der Waals surface area contributed by atoms with Crippen LogP contribution in [-0.4, -0.2) is 35.4 Å². The third kappa shape index (κ3) is 5.13. The van der Waals surface area contributed by atoms with Crippen molar-refractivity contribution in [3.8, 4) is 11.5 Å². The van der Waals surface area contributed by atoms with Crippen molar-refractivity contribution in [2.45, 2.75) is 33.2 Å². The van der Waals surface area contributed by atoms with Crippen LogP contribution in [0.25, 0.3) is 11.0 Å². The summed E-state index contributed by atoms with van der Waals surface area (Å²) in [5, 5.41) is 4.06. The third-order valence-corrected chi connectivity index (χ3v) is 4.49. The van der Waals surface area contributed by atoms with Crippen LogP contribution in [0.5, 0.6) is 11.5 Å². The monoisotopic (exact) mass is 394 g/mol.